The molecular formula is C75H54N2O6. The minimum absolute atomic E-state index is 0.00754. The number of carbonyl (C=O) groups is 2. The lowest BCUT2D eigenvalue weighted by Crippen LogP contribution is -2.56. The molecule has 400 valence electrons. The third-order valence-corrected chi connectivity index (χ3v) is 17.9. The van der Waals surface area contributed by atoms with Gasteiger partial charge < -0.3 is 31.1 Å². The number of amides is 2. The van der Waals surface area contributed by atoms with E-state index in [-0.39, 0.29) is 83.6 Å². The van der Waals surface area contributed by atoms with E-state index in [0.717, 1.165) is 47.9 Å². The standard InChI is InChI=1S/C75H54N2O6/c1-9-44-19-17-21-49(31-44)70(82)76-66-54(13-5)68(80)47(11-3)33-60(66)58-36-52(78)26-29-63(58)75(62-24-16-15-23-56(62)57-28-25-51(35-65(57)75)74-40-46-38-72(7,42-74)41-73(8,39-46)43-74)64-30-27-53(79)37-59(64)61-34-48(12-4)69(81)55(14-6)67(61)77-71(83)50-22-18-20-45(10-2)32-50/h1-6,15-37,46,78-81H,38-43H2,7-8H3,(H,76,82)(H,77,83). The van der Waals surface area contributed by atoms with Gasteiger partial charge in [-0.1, -0.05) is 116 Å². The summed E-state index contributed by atoms with van der Waals surface area (Å²) < 4.78 is 0. The summed E-state index contributed by atoms with van der Waals surface area (Å²) in [4.78, 5) is 29.3. The average molecular weight is 1080 g/mol. The van der Waals surface area contributed by atoms with Crippen LogP contribution in [-0.2, 0) is 10.8 Å². The highest BCUT2D eigenvalue weighted by Crippen LogP contribution is 2.71. The van der Waals surface area contributed by atoms with Crippen LogP contribution < -0.4 is 10.6 Å². The van der Waals surface area contributed by atoms with Gasteiger partial charge >= 0.3 is 0 Å². The first-order valence-electron chi connectivity index (χ1n) is 27.3. The number of anilines is 2. The van der Waals surface area contributed by atoms with Gasteiger partial charge in [0, 0.05) is 33.4 Å². The molecule has 8 nitrogen and oxygen atoms in total. The van der Waals surface area contributed by atoms with Crippen LogP contribution in [0.4, 0.5) is 11.4 Å². The smallest absolute Gasteiger partial charge is 0.255 e. The van der Waals surface area contributed by atoms with Gasteiger partial charge in [0.2, 0.25) is 0 Å². The molecule has 4 fully saturated rings. The molecule has 5 aliphatic rings. The summed E-state index contributed by atoms with van der Waals surface area (Å²) in [5, 5.41) is 53.7. The molecule has 0 radical (unpaired) electrons. The van der Waals surface area contributed by atoms with Crippen LogP contribution in [-0.4, -0.2) is 32.2 Å². The van der Waals surface area contributed by atoms with E-state index in [9.17, 15) is 30.0 Å². The fourth-order valence-electron chi connectivity index (χ4n) is 15.7. The van der Waals surface area contributed by atoms with E-state index >= 15 is 0 Å². The van der Waals surface area contributed by atoms with Crippen LogP contribution in [0.5, 0.6) is 23.0 Å². The van der Waals surface area contributed by atoms with E-state index in [1.165, 1.54) is 18.4 Å². The van der Waals surface area contributed by atoms with Gasteiger partial charge in [-0.15, -0.1) is 38.5 Å². The molecule has 0 aliphatic heterocycles. The Morgan fingerprint density at radius 3 is 1.41 bits per heavy atom. The molecular weight excluding hydrogens is 1020 g/mol. The maximum absolute atomic E-state index is 14.6. The second-order valence-electron chi connectivity index (χ2n) is 23.5. The van der Waals surface area contributed by atoms with Crippen molar-refractivity contribution >= 4 is 23.2 Å². The van der Waals surface area contributed by atoms with Gasteiger partial charge in [0.05, 0.1) is 39.0 Å². The molecule has 13 rings (SSSR count). The number of benzene rings is 8. The Hall–Kier alpha value is -10.7. The normalized spacial score (nSPS) is 20.0. The Labute approximate surface area is 483 Å². The van der Waals surface area contributed by atoms with Crippen LogP contribution in [0.25, 0.3) is 33.4 Å². The van der Waals surface area contributed by atoms with Crippen molar-refractivity contribution in [1.29, 1.82) is 0 Å². The summed E-state index contributed by atoms with van der Waals surface area (Å²) in [7, 11) is 0. The number of aromatic hydroxyl groups is 4. The number of phenolic OH excluding ortho intramolecular Hbond substituents is 4. The summed E-state index contributed by atoms with van der Waals surface area (Å²) in [5.41, 5.74) is 6.54. The predicted octanol–water partition coefficient (Wildman–Crippen LogP) is 13.8. The minimum atomic E-state index is -1.50. The molecule has 2 unspecified atom stereocenters. The Balaban J connectivity index is 1.22. The number of nitrogens with one attached hydrogen (secondary N) is 2. The van der Waals surface area contributed by atoms with E-state index < -0.39 is 28.7 Å². The highest BCUT2D eigenvalue weighted by molar-refractivity contribution is 6.10. The summed E-state index contributed by atoms with van der Waals surface area (Å²) in [6.45, 7) is 4.90. The molecule has 0 heterocycles. The molecule has 2 amide bonds. The molecule has 4 saturated carbocycles. The van der Waals surface area contributed by atoms with Gasteiger partial charge in [-0.05, 0) is 184 Å². The SMILES string of the molecule is C#Cc1cccc(C(=O)Nc2c(-c3cc(O)ccc3C3(c4ccc(O)cc4-c4cc(C#C)c(O)c(C#C)c4NC(=O)c4cccc(C#C)c4)c4ccccc4-c4ccc(C56CC7CC(C)(CC(C)(C7)C5)C6)cc43)cc(C#C)c(O)c2C#C)c1. The fraction of sp³-hybridized carbons (Fsp3) is 0.173. The first-order valence-corrected chi connectivity index (χ1v) is 27.3. The number of terminal acetylenes is 6. The van der Waals surface area contributed by atoms with Crippen molar-refractivity contribution in [3.8, 4) is 130 Å². The Morgan fingerprint density at radius 1 is 0.458 bits per heavy atom. The fourth-order valence-corrected chi connectivity index (χ4v) is 15.7. The van der Waals surface area contributed by atoms with Crippen molar-refractivity contribution in [2.75, 3.05) is 10.6 Å². The number of hydrogen-bond donors (Lipinski definition) is 6. The summed E-state index contributed by atoms with van der Waals surface area (Å²) in [6.07, 6.45) is 43.2. The number of rotatable bonds is 9. The first-order chi connectivity index (χ1) is 39.9. The van der Waals surface area contributed by atoms with Crippen molar-refractivity contribution < 1.29 is 30.0 Å². The van der Waals surface area contributed by atoms with Gasteiger partial charge in [-0.25, -0.2) is 0 Å². The summed E-state index contributed by atoms with van der Waals surface area (Å²) >= 11 is 0. The van der Waals surface area contributed by atoms with Crippen LogP contribution in [0.15, 0.2) is 140 Å². The van der Waals surface area contributed by atoms with Gasteiger partial charge in [-0.2, -0.15) is 0 Å². The molecule has 8 aromatic rings. The summed E-state index contributed by atoms with van der Waals surface area (Å²) in [5.74, 6) is 13.7. The molecule has 5 aliphatic carbocycles. The number of hydrogen-bond acceptors (Lipinski definition) is 6. The van der Waals surface area contributed by atoms with Crippen molar-refractivity contribution in [1.82, 2.24) is 0 Å². The second-order valence-corrected chi connectivity index (χ2v) is 23.5. The third kappa shape index (κ3) is 8.36. The van der Waals surface area contributed by atoms with E-state index in [1.807, 2.05) is 30.3 Å². The lowest BCUT2D eigenvalue weighted by Gasteiger charge is -2.65. The molecule has 0 spiro atoms. The van der Waals surface area contributed by atoms with Gasteiger partial charge in [0.25, 0.3) is 11.8 Å². The van der Waals surface area contributed by atoms with Crippen molar-refractivity contribution in [3.05, 3.63) is 212 Å². The van der Waals surface area contributed by atoms with Crippen LogP contribution in [0.1, 0.15) is 134 Å². The predicted molar refractivity (Wildman–Crippen MR) is 327 cm³/mol. The average Bonchev–Trinajstić information content (AvgIpc) is 1.90. The third-order valence-electron chi connectivity index (χ3n) is 17.9. The van der Waals surface area contributed by atoms with E-state index in [0.29, 0.717) is 39.3 Å². The van der Waals surface area contributed by atoms with Crippen molar-refractivity contribution in [3.63, 3.8) is 0 Å². The minimum Gasteiger partial charge on any atom is -0.508 e. The molecule has 8 heteroatoms. The molecule has 83 heavy (non-hydrogen) atoms. The van der Waals surface area contributed by atoms with E-state index in [1.54, 1.807) is 84.9 Å². The maximum Gasteiger partial charge on any atom is 0.255 e. The van der Waals surface area contributed by atoms with Crippen LogP contribution in [0.3, 0.4) is 0 Å². The highest BCUT2D eigenvalue weighted by Gasteiger charge is 2.61. The second kappa shape index (κ2) is 19.5. The Kier molecular flexibility index (Phi) is 12.4. The monoisotopic (exact) mass is 1080 g/mol. The van der Waals surface area contributed by atoms with E-state index in [4.69, 9.17) is 38.5 Å². The van der Waals surface area contributed by atoms with Crippen molar-refractivity contribution in [2.24, 2.45) is 16.7 Å². The molecule has 0 aromatic heterocycles. The van der Waals surface area contributed by atoms with Crippen LogP contribution in [0, 0.1) is 90.8 Å². The maximum atomic E-state index is 14.6. The zero-order valence-electron chi connectivity index (χ0n) is 45.7. The zero-order chi connectivity index (χ0) is 58.3. The lowest BCUT2D eigenvalue weighted by atomic mass is 9.39. The topological polar surface area (TPSA) is 139 Å². The molecule has 8 aromatic carbocycles. The number of fused-ring (bicyclic) bond motifs is 3. The number of carbonyl (C=O) groups excluding carboxylic acids is 2. The number of phenols is 4. The molecule has 0 saturated heterocycles. The van der Waals surface area contributed by atoms with Crippen LogP contribution in [0.2, 0.25) is 0 Å². The lowest BCUT2D eigenvalue weighted by molar-refractivity contribution is -0.110. The largest absolute Gasteiger partial charge is 0.508 e. The first kappa shape index (κ1) is 52.9. The Morgan fingerprint density at radius 2 is 0.940 bits per heavy atom. The van der Waals surface area contributed by atoms with Gasteiger partial charge in [-0.3, -0.25) is 9.59 Å². The highest BCUT2D eigenvalue weighted by atomic mass is 16.3. The molecule has 2 atom stereocenters. The van der Waals surface area contributed by atoms with E-state index in [2.05, 4.69) is 84.3 Å². The molecule has 4 bridgehead atoms. The quantitative estimate of drug-likeness (QED) is 0.0796. The summed E-state index contributed by atoms with van der Waals surface area (Å²) in [6, 6.07) is 41.0. The molecule has 6 N–H and O–H groups in total. The van der Waals surface area contributed by atoms with Gasteiger partial charge in [0.15, 0.2) is 0 Å². The Bertz CT molecular complexity index is 4230. The van der Waals surface area contributed by atoms with Crippen LogP contribution >= 0.6 is 0 Å². The van der Waals surface area contributed by atoms with Crippen molar-refractivity contribution in [2.45, 2.75) is 63.2 Å². The zero-order valence-corrected chi connectivity index (χ0v) is 45.7. The van der Waals surface area contributed by atoms with Gasteiger partial charge in [0.1, 0.15) is 23.0 Å².